The Kier molecular flexibility index (Phi) is 4.24. The van der Waals surface area contributed by atoms with Gasteiger partial charge in [-0.1, -0.05) is 24.3 Å². The summed E-state index contributed by atoms with van der Waals surface area (Å²) in [5.41, 5.74) is 1.76. The highest BCUT2D eigenvalue weighted by Crippen LogP contribution is 2.36. The SMILES string of the molecule is Fc1cc(F)c(N(c2cnc3ccccc3n2)c2cnc3ccccc3n2)c(F)c1. The third-order valence-corrected chi connectivity index (χ3v) is 4.54. The quantitative estimate of drug-likeness (QED) is 0.400. The van der Waals surface area contributed by atoms with E-state index >= 15 is 0 Å². The van der Waals surface area contributed by atoms with Crippen molar-refractivity contribution in [2.75, 3.05) is 4.90 Å². The molecule has 2 aromatic heterocycles. The van der Waals surface area contributed by atoms with E-state index in [9.17, 15) is 13.2 Å². The Hall–Kier alpha value is -4.07. The van der Waals surface area contributed by atoms with Crippen molar-refractivity contribution in [3.05, 3.63) is 90.5 Å². The lowest BCUT2D eigenvalue weighted by atomic mass is 10.2. The molecule has 0 amide bonds. The van der Waals surface area contributed by atoms with Gasteiger partial charge < -0.3 is 0 Å². The molecule has 0 unspecified atom stereocenters. The number of para-hydroxylation sites is 4. The van der Waals surface area contributed by atoms with Crippen LogP contribution in [0.1, 0.15) is 0 Å². The molecule has 8 heteroatoms. The Labute approximate surface area is 168 Å². The Morgan fingerprint density at radius 2 is 1.03 bits per heavy atom. The van der Waals surface area contributed by atoms with Crippen molar-refractivity contribution in [2.24, 2.45) is 0 Å². The van der Waals surface area contributed by atoms with Crippen LogP contribution in [0, 0.1) is 17.5 Å². The van der Waals surface area contributed by atoms with Gasteiger partial charge in [0.15, 0.2) is 23.3 Å². The van der Waals surface area contributed by atoms with Crippen LogP contribution in [0.3, 0.4) is 0 Å². The van der Waals surface area contributed by atoms with E-state index in [0.717, 1.165) is 4.90 Å². The molecule has 5 nitrogen and oxygen atoms in total. The standard InChI is InChI=1S/C22H12F3N5/c23-13-9-14(24)22(15(25)10-13)30(20-11-26-16-5-1-3-7-18(16)28-20)21-12-27-17-6-2-4-8-19(17)29-21/h1-12H. The van der Waals surface area contributed by atoms with E-state index in [2.05, 4.69) is 19.9 Å². The third-order valence-electron chi connectivity index (χ3n) is 4.54. The molecule has 0 atom stereocenters. The van der Waals surface area contributed by atoms with E-state index in [1.807, 2.05) is 12.1 Å². The molecule has 0 N–H and O–H groups in total. The summed E-state index contributed by atoms with van der Waals surface area (Å²) in [4.78, 5) is 18.7. The van der Waals surface area contributed by atoms with Crippen molar-refractivity contribution in [3.63, 3.8) is 0 Å². The van der Waals surface area contributed by atoms with Crippen molar-refractivity contribution in [3.8, 4) is 0 Å². The molecule has 0 spiro atoms. The van der Waals surface area contributed by atoms with Crippen molar-refractivity contribution in [1.29, 1.82) is 0 Å². The normalized spacial score (nSPS) is 11.2. The number of anilines is 3. The lowest BCUT2D eigenvalue weighted by molar-refractivity contribution is 0.545. The van der Waals surface area contributed by atoms with Crippen LogP contribution in [0.15, 0.2) is 73.1 Å². The van der Waals surface area contributed by atoms with Gasteiger partial charge in [-0.25, -0.2) is 23.1 Å². The molecule has 0 radical (unpaired) electrons. The Morgan fingerprint density at radius 1 is 0.600 bits per heavy atom. The van der Waals surface area contributed by atoms with Crippen LogP contribution in [0.2, 0.25) is 0 Å². The Bertz CT molecular complexity index is 1300. The zero-order valence-electron chi connectivity index (χ0n) is 15.3. The van der Waals surface area contributed by atoms with Crippen molar-refractivity contribution >= 4 is 39.4 Å². The fourth-order valence-corrected chi connectivity index (χ4v) is 3.20. The minimum absolute atomic E-state index is 0.114. The van der Waals surface area contributed by atoms with Gasteiger partial charge in [-0.15, -0.1) is 0 Å². The fraction of sp³-hybridized carbons (Fsp3) is 0. The molecule has 146 valence electrons. The summed E-state index contributed by atoms with van der Waals surface area (Å²) in [5, 5.41) is 0. The zero-order valence-corrected chi connectivity index (χ0v) is 15.3. The molecule has 0 bridgehead atoms. The monoisotopic (exact) mass is 403 g/mol. The van der Waals surface area contributed by atoms with Gasteiger partial charge in [-0.2, -0.15) is 0 Å². The molecule has 0 aliphatic carbocycles. The Balaban J connectivity index is 1.78. The van der Waals surface area contributed by atoms with E-state index in [4.69, 9.17) is 0 Å². The zero-order chi connectivity index (χ0) is 20.7. The van der Waals surface area contributed by atoms with E-state index in [-0.39, 0.29) is 11.6 Å². The number of benzene rings is 3. The fourth-order valence-electron chi connectivity index (χ4n) is 3.20. The molecule has 0 fully saturated rings. The van der Waals surface area contributed by atoms with E-state index in [1.165, 1.54) is 12.4 Å². The van der Waals surface area contributed by atoms with Gasteiger partial charge in [0, 0.05) is 12.1 Å². The van der Waals surface area contributed by atoms with Crippen LogP contribution < -0.4 is 4.90 Å². The van der Waals surface area contributed by atoms with Crippen LogP contribution in [0.5, 0.6) is 0 Å². The topological polar surface area (TPSA) is 54.8 Å². The Morgan fingerprint density at radius 3 is 1.50 bits per heavy atom. The first-order valence-electron chi connectivity index (χ1n) is 8.98. The van der Waals surface area contributed by atoms with Gasteiger partial charge in [-0.3, -0.25) is 14.9 Å². The molecule has 0 aliphatic rings. The van der Waals surface area contributed by atoms with Gasteiger partial charge in [0.25, 0.3) is 0 Å². The van der Waals surface area contributed by atoms with Gasteiger partial charge >= 0.3 is 0 Å². The lowest BCUT2D eigenvalue weighted by Gasteiger charge is -2.23. The second kappa shape index (κ2) is 7.07. The summed E-state index contributed by atoms with van der Waals surface area (Å²) in [6, 6.07) is 15.4. The maximum Gasteiger partial charge on any atom is 0.158 e. The van der Waals surface area contributed by atoms with Gasteiger partial charge in [0.05, 0.1) is 34.5 Å². The summed E-state index contributed by atoms with van der Waals surface area (Å²) in [5.74, 6) is -3.00. The molecule has 5 rings (SSSR count). The van der Waals surface area contributed by atoms with Crippen LogP contribution in [0.4, 0.5) is 30.5 Å². The molecule has 3 aromatic carbocycles. The molecule has 2 heterocycles. The number of rotatable bonds is 3. The molecular weight excluding hydrogens is 391 g/mol. The van der Waals surface area contributed by atoms with Crippen molar-refractivity contribution in [1.82, 2.24) is 19.9 Å². The predicted molar refractivity (Wildman–Crippen MR) is 107 cm³/mol. The largest absolute Gasteiger partial charge is 0.270 e. The third kappa shape index (κ3) is 3.08. The highest BCUT2D eigenvalue weighted by molar-refractivity contribution is 5.82. The van der Waals surface area contributed by atoms with Gasteiger partial charge in [0.1, 0.15) is 11.5 Å². The maximum absolute atomic E-state index is 14.7. The summed E-state index contributed by atoms with van der Waals surface area (Å²) >= 11 is 0. The number of hydrogen-bond donors (Lipinski definition) is 0. The predicted octanol–water partition coefficient (Wildman–Crippen LogP) is 5.46. The van der Waals surface area contributed by atoms with Crippen LogP contribution in [0.25, 0.3) is 22.1 Å². The number of hydrogen-bond acceptors (Lipinski definition) is 5. The maximum atomic E-state index is 14.7. The number of nitrogens with zero attached hydrogens (tertiary/aromatic N) is 5. The first-order valence-corrected chi connectivity index (χ1v) is 8.98. The summed E-state index contributed by atoms with van der Waals surface area (Å²) in [6.07, 6.45) is 2.75. The average molecular weight is 403 g/mol. The van der Waals surface area contributed by atoms with E-state index in [1.54, 1.807) is 36.4 Å². The van der Waals surface area contributed by atoms with Crippen LogP contribution >= 0.6 is 0 Å². The van der Waals surface area contributed by atoms with E-state index < -0.39 is 23.1 Å². The minimum atomic E-state index is -1.10. The summed E-state index contributed by atoms with van der Waals surface area (Å²) in [6.45, 7) is 0. The molecule has 5 aromatic rings. The number of halogens is 3. The molecular formula is C22H12F3N5. The second-order valence-electron chi connectivity index (χ2n) is 6.49. The highest BCUT2D eigenvalue weighted by atomic mass is 19.1. The van der Waals surface area contributed by atoms with Gasteiger partial charge in [0.2, 0.25) is 0 Å². The van der Waals surface area contributed by atoms with Crippen molar-refractivity contribution < 1.29 is 13.2 Å². The average Bonchev–Trinajstić information content (AvgIpc) is 2.75. The van der Waals surface area contributed by atoms with Crippen molar-refractivity contribution in [2.45, 2.75) is 0 Å². The second-order valence-corrected chi connectivity index (χ2v) is 6.49. The van der Waals surface area contributed by atoms with Crippen LogP contribution in [-0.2, 0) is 0 Å². The first kappa shape index (κ1) is 18.0. The highest BCUT2D eigenvalue weighted by Gasteiger charge is 2.25. The first-order chi connectivity index (χ1) is 14.6. The molecule has 30 heavy (non-hydrogen) atoms. The number of aromatic nitrogens is 4. The summed E-state index contributed by atoms with van der Waals surface area (Å²) in [7, 11) is 0. The molecule has 0 saturated carbocycles. The minimum Gasteiger partial charge on any atom is -0.270 e. The smallest absolute Gasteiger partial charge is 0.158 e. The van der Waals surface area contributed by atoms with Crippen LogP contribution in [-0.4, -0.2) is 19.9 Å². The molecule has 0 aliphatic heterocycles. The molecule has 0 saturated heterocycles. The number of fused-ring (bicyclic) bond motifs is 2. The van der Waals surface area contributed by atoms with Gasteiger partial charge in [-0.05, 0) is 24.3 Å². The lowest BCUT2D eigenvalue weighted by Crippen LogP contribution is -2.17. The van der Waals surface area contributed by atoms with E-state index in [0.29, 0.717) is 34.2 Å². The summed E-state index contributed by atoms with van der Waals surface area (Å²) < 4.78 is 43.0.